The normalized spacial score (nSPS) is 20.5. The molecule has 2 N–H and O–H groups in total. The minimum absolute atomic E-state index is 0.0798. The molecule has 0 radical (unpaired) electrons. The fraction of sp³-hybridized carbons (Fsp3) is 0.412. The van der Waals surface area contributed by atoms with Gasteiger partial charge in [0.15, 0.2) is 11.6 Å². The summed E-state index contributed by atoms with van der Waals surface area (Å²) in [6, 6.07) is 2.77. The van der Waals surface area contributed by atoms with Crippen LogP contribution in [0.3, 0.4) is 0 Å². The Morgan fingerprint density at radius 2 is 2.12 bits per heavy atom. The zero-order chi connectivity index (χ0) is 16.8. The van der Waals surface area contributed by atoms with Crippen LogP contribution in [-0.2, 0) is 0 Å². The van der Waals surface area contributed by atoms with E-state index in [0.717, 1.165) is 31.9 Å². The minimum Gasteiger partial charge on any atom is -0.486 e. The molecule has 1 aliphatic carbocycles. The number of aromatic nitrogens is 1. The first-order chi connectivity index (χ1) is 11.5. The molecule has 1 unspecified atom stereocenters. The molecule has 0 spiro atoms. The van der Waals surface area contributed by atoms with Crippen molar-refractivity contribution in [3.8, 4) is 5.75 Å². The van der Waals surface area contributed by atoms with E-state index < -0.39 is 17.2 Å². The van der Waals surface area contributed by atoms with Gasteiger partial charge in [0.2, 0.25) is 5.43 Å². The lowest BCUT2D eigenvalue weighted by atomic mass is 10.1. The summed E-state index contributed by atoms with van der Waals surface area (Å²) in [6.07, 6.45) is 3.89. The van der Waals surface area contributed by atoms with E-state index in [4.69, 9.17) is 4.74 Å². The van der Waals surface area contributed by atoms with Crippen LogP contribution in [0.25, 0.3) is 10.9 Å². The Kier molecular flexibility index (Phi) is 3.53. The van der Waals surface area contributed by atoms with Gasteiger partial charge < -0.3 is 19.7 Å². The van der Waals surface area contributed by atoms with E-state index >= 15 is 0 Å². The van der Waals surface area contributed by atoms with Crippen LogP contribution in [-0.4, -0.2) is 34.8 Å². The molecule has 1 saturated carbocycles. The van der Waals surface area contributed by atoms with Crippen molar-refractivity contribution in [2.24, 2.45) is 0 Å². The molecule has 2 aromatic rings. The first-order valence-electron chi connectivity index (χ1n) is 8.03. The van der Waals surface area contributed by atoms with Crippen molar-refractivity contribution in [2.45, 2.75) is 31.4 Å². The van der Waals surface area contributed by atoms with E-state index in [1.807, 2.05) is 0 Å². The zero-order valence-electron chi connectivity index (χ0n) is 12.9. The second-order valence-electron chi connectivity index (χ2n) is 6.35. The summed E-state index contributed by atoms with van der Waals surface area (Å²) < 4.78 is 21.9. The fourth-order valence-electron chi connectivity index (χ4n) is 3.16. The smallest absolute Gasteiger partial charge is 0.341 e. The van der Waals surface area contributed by atoms with E-state index in [-0.39, 0.29) is 28.8 Å². The Hall–Kier alpha value is -2.41. The lowest BCUT2D eigenvalue weighted by Crippen LogP contribution is -2.21. The zero-order valence-corrected chi connectivity index (χ0v) is 12.9. The SMILES string of the molecule is O=C(O)c1cn(C2CC2)c2cc(OC3CCNC3)c(F)cc2c1=O. The molecule has 0 bridgehead atoms. The van der Waals surface area contributed by atoms with E-state index in [1.165, 1.54) is 12.3 Å². The molecule has 1 aliphatic heterocycles. The maximum absolute atomic E-state index is 14.4. The molecule has 1 aromatic heterocycles. The van der Waals surface area contributed by atoms with Crippen molar-refractivity contribution in [1.82, 2.24) is 9.88 Å². The van der Waals surface area contributed by atoms with Crippen molar-refractivity contribution in [2.75, 3.05) is 13.1 Å². The number of benzene rings is 1. The number of nitrogens with zero attached hydrogens (tertiary/aromatic N) is 1. The van der Waals surface area contributed by atoms with Gasteiger partial charge >= 0.3 is 5.97 Å². The number of carboxylic acid groups (broad SMARTS) is 1. The van der Waals surface area contributed by atoms with Crippen LogP contribution in [0.15, 0.2) is 23.1 Å². The number of halogens is 1. The summed E-state index contributed by atoms with van der Waals surface area (Å²) in [5.74, 6) is -1.83. The number of carboxylic acids is 1. The van der Waals surface area contributed by atoms with Gasteiger partial charge in [0, 0.05) is 30.2 Å². The quantitative estimate of drug-likeness (QED) is 0.894. The highest BCUT2D eigenvalue weighted by atomic mass is 19.1. The van der Waals surface area contributed by atoms with Crippen molar-refractivity contribution in [3.05, 3.63) is 39.9 Å². The summed E-state index contributed by atoms with van der Waals surface area (Å²) in [5, 5.41) is 12.5. The second kappa shape index (κ2) is 5.59. The third-order valence-electron chi connectivity index (χ3n) is 4.57. The molecule has 6 nitrogen and oxygen atoms in total. The summed E-state index contributed by atoms with van der Waals surface area (Å²) in [4.78, 5) is 23.7. The van der Waals surface area contributed by atoms with Gasteiger partial charge in [-0.2, -0.15) is 0 Å². The van der Waals surface area contributed by atoms with Gasteiger partial charge in [0.05, 0.1) is 5.52 Å². The Morgan fingerprint density at radius 3 is 2.75 bits per heavy atom. The first-order valence-corrected chi connectivity index (χ1v) is 8.03. The Bertz CT molecular complexity index is 882. The van der Waals surface area contributed by atoms with Crippen molar-refractivity contribution in [3.63, 3.8) is 0 Å². The number of aromatic carboxylic acids is 1. The number of nitrogens with one attached hydrogen (secondary N) is 1. The van der Waals surface area contributed by atoms with Gasteiger partial charge in [0.1, 0.15) is 11.7 Å². The number of hydrogen-bond acceptors (Lipinski definition) is 4. The molecule has 2 fully saturated rings. The number of rotatable bonds is 4. The molecular weight excluding hydrogens is 315 g/mol. The number of fused-ring (bicyclic) bond motifs is 1. The third kappa shape index (κ3) is 2.54. The highest BCUT2D eigenvalue weighted by Gasteiger charge is 2.28. The lowest BCUT2D eigenvalue weighted by molar-refractivity contribution is 0.0695. The molecule has 1 saturated heterocycles. The number of ether oxygens (including phenoxy) is 1. The number of hydrogen-bond donors (Lipinski definition) is 2. The predicted molar refractivity (Wildman–Crippen MR) is 85.3 cm³/mol. The summed E-state index contributed by atoms with van der Waals surface area (Å²) >= 11 is 0. The van der Waals surface area contributed by atoms with Crippen LogP contribution in [0.4, 0.5) is 4.39 Å². The number of carbonyl (C=O) groups is 1. The Labute approximate surface area is 136 Å². The van der Waals surface area contributed by atoms with Gasteiger partial charge in [-0.25, -0.2) is 9.18 Å². The van der Waals surface area contributed by atoms with Crippen molar-refractivity contribution < 1.29 is 19.0 Å². The second-order valence-corrected chi connectivity index (χ2v) is 6.35. The molecule has 126 valence electrons. The molecule has 7 heteroatoms. The Balaban J connectivity index is 1.88. The molecule has 24 heavy (non-hydrogen) atoms. The van der Waals surface area contributed by atoms with Gasteiger partial charge in [-0.15, -0.1) is 0 Å². The average molecular weight is 332 g/mol. The van der Waals surface area contributed by atoms with Crippen LogP contribution in [0.2, 0.25) is 0 Å². The topological polar surface area (TPSA) is 80.6 Å². The van der Waals surface area contributed by atoms with Gasteiger partial charge in [-0.3, -0.25) is 4.79 Å². The van der Waals surface area contributed by atoms with Gasteiger partial charge in [-0.1, -0.05) is 0 Å². The molecule has 2 heterocycles. The summed E-state index contributed by atoms with van der Waals surface area (Å²) in [5.41, 5.74) is -0.472. The first kappa shape index (κ1) is 15.1. The molecule has 1 aromatic carbocycles. The lowest BCUT2D eigenvalue weighted by Gasteiger charge is -2.16. The summed E-state index contributed by atoms with van der Waals surface area (Å²) in [6.45, 7) is 1.49. The number of pyridine rings is 1. The van der Waals surface area contributed by atoms with Crippen molar-refractivity contribution >= 4 is 16.9 Å². The highest BCUT2D eigenvalue weighted by Crippen LogP contribution is 2.38. The Morgan fingerprint density at radius 1 is 1.33 bits per heavy atom. The highest BCUT2D eigenvalue weighted by molar-refractivity contribution is 5.93. The monoisotopic (exact) mass is 332 g/mol. The average Bonchev–Trinajstić information content (AvgIpc) is 3.26. The van der Waals surface area contributed by atoms with E-state index in [0.29, 0.717) is 12.1 Å². The van der Waals surface area contributed by atoms with Crippen LogP contribution >= 0.6 is 0 Å². The van der Waals surface area contributed by atoms with Crippen molar-refractivity contribution in [1.29, 1.82) is 0 Å². The molecule has 1 atom stereocenters. The predicted octanol–water partition coefficient (Wildman–Crippen LogP) is 1.91. The van der Waals surface area contributed by atoms with Crippen LogP contribution in [0, 0.1) is 5.82 Å². The van der Waals surface area contributed by atoms with Crippen LogP contribution in [0.5, 0.6) is 5.75 Å². The maximum atomic E-state index is 14.4. The van der Waals surface area contributed by atoms with Gasteiger partial charge in [0.25, 0.3) is 0 Å². The molecular formula is C17H17FN2O4. The van der Waals surface area contributed by atoms with Gasteiger partial charge in [-0.05, 0) is 31.9 Å². The van der Waals surface area contributed by atoms with E-state index in [9.17, 15) is 19.1 Å². The van der Waals surface area contributed by atoms with Crippen LogP contribution < -0.4 is 15.5 Å². The largest absolute Gasteiger partial charge is 0.486 e. The molecule has 2 aliphatic rings. The fourth-order valence-corrected chi connectivity index (χ4v) is 3.16. The van der Waals surface area contributed by atoms with Crippen LogP contribution in [0.1, 0.15) is 35.7 Å². The molecule has 4 rings (SSSR count). The minimum atomic E-state index is -1.30. The maximum Gasteiger partial charge on any atom is 0.341 e. The third-order valence-corrected chi connectivity index (χ3v) is 4.57. The summed E-state index contributed by atoms with van der Waals surface area (Å²) in [7, 11) is 0. The standard InChI is InChI=1S/C17H17FN2O4/c18-13-5-11-14(6-15(13)24-10-3-4-19-7-10)20(9-1-2-9)8-12(16(11)21)17(22)23/h5-6,8-10,19H,1-4,7H2,(H,22,23). The van der Waals surface area contributed by atoms with E-state index in [2.05, 4.69) is 5.32 Å². The van der Waals surface area contributed by atoms with E-state index in [1.54, 1.807) is 4.57 Å². The molecule has 0 amide bonds.